The van der Waals surface area contributed by atoms with E-state index in [4.69, 9.17) is 9.47 Å². The molecular formula is C17H25N5O4. The highest BCUT2D eigenvalue weighted by molar-refractivity contribution is 6.14. The third-order valence-electron chi connectivity index (χ3n) is 3.78. The summed E-state index contributed by atoms with van der Waals surface area (Å²) in [7, 11) is 2.08. The van der Waals surface area contributed by atoms with E-state index in [1.807, 2.05) is 0 Å². The lowest BCUT2D eigenvalue weighted by Gasteiger charge is -2.32. The highest BCUT2D eigenvalue weighted by atomic mass is 16.6. The molecule has 1 saturated heterocycles. The van der Waals surface area contributed by atoms with Gasteiger partial charge in [-0.25, -0.2) is 14.6 Å². The monoisotopic (exact) mass is 363 g/mol. The van der Waals surface area contributed by atoms with E-state index in [0.717, 1.165) is 26.2 Å². The molecule has 1 aromatic heterocycles. The Hall–Kier alpha value is -2.68. The van der Waals surface area contributed by atoms with Crippen molar-refractivity contribution in [3.05, 3.63) is 24.0 Å². The molecule has 0 aromatic carbocycles. The highest BCUT2D eigenvalue weighted by Crippen LogP contribution is 2.13. The standard InChI is InChI=1S/C17H25N5O4/c1-4-25-15(23)13(16(24)26-5-2)12-19-14-6-7-18-17(20-14)22-10-8-21(3)9-11-22/h6-7,12H,4-5,8-11H2,1-3H3,(H,18,19,20). The van der Waals surface area contributed by atoms with Gasteiger partial charge >= 0.3 is 11.9 Å². The molecule has 0 radical (unpaired) electrons. The minimum atomic E-state index is -0.744. The van der Waals surface area contributed by atoms with E-state index in [0.29, 0.717) is 11.8 Å². The summed E-state index contributed by atoms with van der Waals surface area (Å²) < 4.78 is 9.79. The van der Waals surface area contributed by atoms with Crippen LogP contribution in [0.25, 0.3) is 0 Å². The van der Waals surface area contributed by atoms with Crippen molar-refractivity contribution < 1.29 is 19.1 Å². The Balaban J connectivity index is 2.12. The zero-order valence-electron chi connectivity index (χ0n) is 15.4. The quantitative estimate of drug-likeness (QED) is 0.324. The molecule has 0 aliphatic carbocycles. The predicted molar refractivity (Wildman–Crippen MR) is 96.7 cm³/mol. The van der Waals surface area contributed by atoms with E-state index in [9.17, 15) is 9.59 Å². The number of nitrogens with one attached hydrogen (secondary N) is 1. The van der Waals surface area contributed by atoms with Crippen LogP contribution in [0.5, 0.6) is 0 Å². The summed E-state index contributed by atoms with van der Waals surface area (Å²) >= 11 is 0. The van der Waals surface area contributed by atoms with Crippen molar-refractivity contribution in [1.29, 1.82) is 0 Å². The number of ether oxygens (including phenoxy) is 2. The summed E-state index contributed by atoms with van der Waals surface area (Å²) in [4.78, 5) is 37.0. The molecule has 26 heavy (non-hydrogen) atoms. The molecule has 0 unspecified atom stereocenters. The number of carbonyl (C=O) groups excluding carboxylic acids is 2. The number of rotatable bonds is 7. The molecule has 1 aliphatic heterocycles. The second-order valence-corrected chi connectivity index (χ2v) is 5.68. The van der Waals surface area contributed by atoms with Crippen LogP contribution in [0.1, 0.15) is 13.8 Å². The number of likely N-dealkylation sites (N-methyl/N-ethyl adjacent to an activating group) is 1. The van der Waals surface area contributed by atoms with Crippen molar-refractivity contribution in [3.8, 4) is 0 Å². The van der Waals surface area contributed by atoms with Gasteiger partial charge in [0.15, 0.2) is 5.57 Å². The lowest BCUT2D eigenvalue weighted by atomic mass is 10.3. The first kappa shape index (κ1) is 19.6. The lowest BCUT2D eigenvalue weighted by molar-refractivity contribution is -0.146. The van der Waals surface area contributed by atoms with Gasteiger partial charge in [0, 0.05) is 38.6 Å². The zero-order chi connectivity index (χ0) is 18.9. The Kier molecular flexibility index (Phi) is 7.34. The molecule has 142 valence electrons. The number of carbonyl (C=O) groups is 2. The molecule has 1 fully saturated rings. The Labute approximate surface area is 153 Å². The van der Waals surface area contributed by atoms with E-state index in [1.54, 1.807) is 26.1 Å². The molecule has 0 saturated carbocycles. The Bertz CT molecular complexity index is 636. The van der Waals surface area contributed by atoms with Crippen LogP contribution in [-0.2, 0) is 19.1 Å². The Morgan fingerprint density at radius 1 is 1.15 bits per heavy atom. The molecule has 1 aromatic rings. The largest absolute Gasteiger partial charge is 0.462 e. The molecular weight excluding hydrogens is 338 g/mol. The first-order valence-corrected chi connectivity index (χ1v) is 8.62. The zero-order valence-corrected chi connectivity index (χ0v) is 15.4. The smallest absolute Gasteiger partial charge is 0.347 e. The molecule has 9 nitrogen and oxygen atoms in total. The number of piperazine rings is 1. The number of nitrogens with zero attached hydrogens (tertiary/aromatic N) is 4. The second kappa shape index (κ2) is 9.71. The fourth-order valence-electron chi connectivity index (χ4n) is 2.35. The fraction of sp³-hybridized carbons (Fsp3) is 0.529. The van der Waals surface area contributed by atoms with Crippen LogP contribution >= 0.6 is 0 Å². The van der Waals surface area contributed by atoms with E-state index < -0.39 is 11.9 Å². The maximum Gasteiger partial charge on any atom is 0.347 e. The van der Waals surface area contributed by atoms with Gasteiger partial charge in [-0.15, -0.1) is 0 Å². The van der Waals surface area contributed by atoms with Gasteiger partial charge in [0.05, 0.1) is 13.2 Å². The Morgan fingerprint density at radius 3 is 2.35 bits per heavy atom. The third kappa shape index (κ3) is 5.41. The molecule has 0 atom stereocenters. The van der Waals surface area contributed by atoms with Crippen LogP contribution in [0.15, 0.2) is 24.0 Å². The molecule has 2 heterocycles. The normalized spacial score (nSPS) is 14.5. The number of aromatic nitrogens is 2. The summed E-state index contributed by atoms with van der Waals surface area (Å²) in [5, 5.41) is 2.86. The SMILES string of the molecule is CCOC(=O)C(=CNc1ccnc(N2CCN(C)CC2)n1)C(=O)OCC. The average Bonchev–Trinajstić information content (AvgIpc) is 2.63. The van der Waals surface area contributed by atoms with Crippen LogP contribution in [0.4, 0.5) is 11.8 Å². The maximum atomic E-state index is 11.9. The minimum absolute atomic E-state index is 0.163. The summed E-state index contributed by atoms with van der Waals surface area (Å²) in [6, 6.07) is 1.66. The number of hydrogen-bond donors (Lipinski definition) is 1. The van der Waals surface area contributed by atoms with Crippen LogP contribution in [0, 0.1) is 0 Å². The molecule has 0 spiro atoms. The number of esters is 2. The molecule has 1 N–H and O–H groups in total. The van der Waals surface area contributed by atoms with Crippen molar-refractivity contribution >= 4 is 23.7 Å². The van der Waals surface area contributed by atoms with E-state index in [-0.39, 0.29) is 18.8 Å². The van der Waals surface area contributed by atoms with Crippen LogP contribution < -0.4 is 10.2 Å². The molecule has 2 rings (SSSR count). The van der Waals surface area contributed by atoms with Crippen molar-refractivity contribution in [3.63, 3.8) is 0 Å². The van der Waals surface area contributed by atoms with E-state index in [2.05, 4.69) is 32.1 Å². The highest BCUT2D eigenvalue weighted by Gasteiger charge is 2.21. The summed E-state index contributed by atoms with van der Waals surface area (Å²) in [5.41, 5.74) is -0.214. The second-order valence-electron chi connectivity index (χ2n) is 5.68. The maximum absolute atomic E-state index is 11.9. The van der Waals surface area contributed by atoms with Crippen molar-refractivity contribution in [1.82, 2.24) is 14.9 Å². The van der Waals surface area contributed by atoms with Crippen LogP contribution in [0.3, 0.4) is 0 Å². The summed E-state index contributed by atoms with van der Waals surface area (Å²) in [5.74, 6) is -0.413. The molecule has 9 heteroatoms. The van der Waals surface area contributed by atoms with Gasteiger partial charge in [-0.05, 0) is 27.0 Å². The van der Waals surface area contributed by atoms with Crippen molar-refractivity contribution in [2.24, 2.45) is 0 Å². The fourth-order valence-corrected chi connectivity index (χ4v) is 2.35. The van der Waals surface area contributed by atoms with Gasteiger partial charge in [0.25, 0.3) is 0 Å². The van der Waals surface area contributed by atoms with Crippen LogP contribution in [-0.4, -0.2) is 73.2 Å². The van der Waals surface area contributed by atoms with Gasteiger partial charge < -0.3 is 24.6 Å². The topological polar surface area (TPSA) is 96.9 Å². The van der Waals surface area contributed by atoms with Crippen molar-refractivity contribution in [2.75, 3.05) is 56.7 Å². The van der Waals surface area contributed by atoms with Gasteiger partial charge in [0.2, 0.25) is 5.95 Å². The third-order valence-corrected chi connectivity index (χ3v) is 3.78. The first-order valence-electron chi connectivity index (χ1n) is 8.62. The lowest BCUT2D eigenvalue weighted by Crippen LogP contribution is -2.45. The van der Waals surface area contributed by atoms with Gasteiger partial charge in [0.1, 0.15) is 5.82 Å². The van der Waals surface area contributed by atoms with Gasteiger partial charge in [-0.3, -0.25) is 0 Å². The average molecular weight is 363 g/mol. The molecule has 1 aliphatic rings. The number of hydrogen-bond acceptors (Lipinski definition) is 9. The first-order chi connectivity index (χ1) is 12.5. The van der Waals surface area contributed by atoms with Crippen LogP contribution in [0.2, 0.25) is 0 Å². The Morgan fingerprint density at radius 2 is 1.77 bits per heavy atom. The van der Waals surface area contributed by atoms with E-state index >= 15 is 0 Å². The minimum Gasteiger partial charge on any atom is -0.462 e. The summed E-state index contributed by atoms with van der Waals surface area (Å²) in [6.07, 6.45) is 2.89. The number of anilines is 2. The van der Waals surface area contributed by atoms with E-state index in [1.165, 1.54) is 6.20 Å². The van der Waals surface area contributed by atoms with Gasteiger partial charge in [-0.2, -0.15) is 4.98 Å². The van der Waals surface area contributed by atoms with Crippen molar-refractivity contribution in [2.45, 2.75) is 13.8 Å². The van der Waals surface area contributed by atoms with Gasteiger partial charge in [-0.1, -0.05) is 0 Å². The molecule has 0 bridgehead atoms. The summed E-state index contributed by atoms with van der Waals surface area (Å²) in [6.45, 7) is 7.22. The predicted octanol–water partition coefficient (Wildman–Crippen LogP) is 0.650. The molecule has 0 amide bonds.